The van der Waals surface area contributed by atoms with Crippen molar-refractivity contribution in [1.29, 1.82) is 0 Å². The van der Waals surface area contributed by atoms with Gasteiger partial charge in [-0.05, 0) is 92.3 Å². The molecule has 12 nitrogen and oxygen atoms in total. The SMILES string of the molecule is CC[C@@H]1CN(Cc2cc([C@@H](c3ccc4c(nnn4CC)c3C)C(C)(C)NC(=O)C3=NN=NC3)ccc2C)S(=O)(=O)c2ccccc2O1. The number of rotatable bonds is 9. The van der Waals surface area contributed by atoms with Gasteiger partial charge in [-0.2, -0.15) is 9.42 Å². The molecular weight excluding hydrogens is 616 g/mol. The van der Waals surface area contributed by atoms with E-state index in [4.69, 9.17) is 4.74 Å². The van der Waals surface area contributed by atoms with Crippen molar-refractivity contribution in [3.8, 4) is 5.75 Å². The van der Waals surface area contributed by atoms with E-state index in [1.165, 1.54) is 4.31 Å². The molecule has 2 atom stereocenters. The Hall–Kier alpha value is -4.49. The fraction of sp³-hybridized carbons (Fsp3) is 0.412. The molecule has 0 spiro atoms. The van der Waals surface area contributed by atoms with Crippen LogP contribution >= 0.6 is 0 Å². The fourth-order valence-corrected chi connectivity index (χ4v) is 8.09. The Morgan fingerprint density at radius 3 is 2.62 bits per heavy atom. The van der Waals surface area contributed by atoms with Crippen LogP contribution in [0.1, 0.15) is 67.9 Å². The van der Waals surface area contributed by atoms with Crippen molar-refractivity contribution in [2.45, 2.75) is 83.5 Å². The highest BCUT2D eigenvalue weighted by Crippen LogP contribution is 2.40. The Morgan fingerprint density at radius 2 is 1.89 bits per heavy atom. The minimum absolute atomic E-state index is 0.127. The molecule has 2 aliphatic rings. The molecule has 0 aliphatic carbocycles. The number of amides is 1. The molecule has 3 aromatic carbocycles. The average Bonchev–Trinajstić information content (AvgIpc) is 3.72. The first-order valence-corrected chi connectivity index (χ1v) is 17.3. The molecule has 0 radical (unpaired) electrons. The summed E-state index contributed by atoms with van der Waals surface area (Å²) in [4.78, 5) is 13.5. The molecule has 0 bridgehead atoms. The number of para-hydroxylation sites is 1. The number of benzene rings is 3. The van der Waals surface area contributed by atoms with Gasteiger partial charge in [-0.1, -0.05) is 48.5 Å². The zero-order valence-electron chi connectivity index (χ0n) is 27.6. The lowest BCUT2D eigenvalue weighted by molar-refractivity contribution is -0.116. The monoisotopic (exact) mass is 656 g/mol. The Balaban J connectivity index is 1.44. The second-order valence-electron chi connectivity index (χ2n) is 12.7. The van der Waals surface area contributed by atoms with Gasteiger partial charge in [0.05, 0.1) is 12.1 Å². The number of hydrogen-bond acceptors (Lipinski definition) is 9. The molecule has 0 unspecified atom stereocenters. The highest BCUT2D eigenvalue weighted by atomic mass is 32.2. The van der Waals surface area contributed by atoms with E-state index in [-0.39, 0.29) is 48.2 Å². The molecule has 47 heavy (non-hydrogen) atoms. The van der Waals surface area contributed by atoms with E-state index < -0.39 is 15.6 Å². The zero-order valence-corrected chi connectivity index (χ0v) is 28.4. The van der Waals surface area contributed by atoms with Gasteiger partial charge in [-0.15, -0.1) is 10.2 Å². The smallest absolute Gasteiger partial charge is 0.270 e. The number of nitrogens with zero attached hydrogens (tertiary/aromatic N) is 7. The third-order valence-electron chi connectivity index (χ3n) is 9.14. The van der Waals surface area contributed by atoms with Gasteiger partial charge >= 0.3 is 0 Å². The first-order valence-electron chi connectivity index (χ1n) is 15.9. The van der Waals surface area contributed by atoms with Crippen molar-refractivity contribution in [3.05, 3.63) is 82.4 Å². The van der Waals surface area contributed by atoms with Crippen LogP contribution in [0.3, 0.4) is 0 Å². The number of carbonyl (C=O) groups excluding carboxylic acids is 1. The Bertz CT molecular complexity index is 2020. The van der Waals surface area contributed by atoms with Crippen molar-refractivity contribution >= 4 is 32.7 Å². The molecule has 1 aromatic heterocycles. The van der Waals surface area contributed by atoms with Gasteiger partial charge in [0.25, 0.3) is 5.91 Å². The largest absolute Gasteiger partial charge is 0.488 e. The summed E-state index contributed by atoms with van der Waals surface area (Å²) in [6.07, 6.45) is 0.368. The topological polar surface area (TPSA) is 143 Å². The number of aryl methyl sites for hydroxylation is 3. The molecule has 6 rings (SSSR count). The van der Waals surface area contributed by atoms with Gasteiger partial charge < -0.3 is 10.1 Å². The summed E-state index contributed by atoms with van der Waals surface area (Å²) in [5.41, 5.74) is 5.80. The Labute approximate surface area is 275 Å². The normalized spacial score (nSPS) is 18.3. The Kier molecular flexibility index (Phi) is 8.70. The first kappa shape index (κ1) is 32.5. The van der Waals surface area contributed by atoms with E-state index in [1.54, 1.807) is 24.3 Å². The highest BCUT2D eigenvalue weighted by Gasteiger charge is 2.38. The summed E-state index contributed by atoms with van der Waals surface area (Å²) in [5.74, 6) is -0.317. The zero-order chi connectivity index (χ0) is 33.5. The highest BCUT2D eigenvalue weighted by molar-refractivity contribution is 7.89. The van der Waals surface area contributed by atoms with Crippen LogP contribution in [0.2, 0.25) is 0 Å². The number of fused-ring (bicyclic) bond motifs is 2. The third kappa shape index (κ3) is 6.05. The lowest BCUT2D eigenvalue weighted by atomic mass is 9.74. The molecule has 246 valence electrons. The standard InChI is InChI=1S/C34H40N8O4S/c1-7-25-20-41(47(44,45)30-12-10-9-11-29(30)46-25)19-24-17-23(14-13-21(24)3)31(34(5,6)36-33(43)27-18-35-39-37-27)26-15-16-28-32(22(26)4)38-40-42(28)8-2/h9-17,25,31H,7-8,18-20H2,1-6H3,(H,36,43)/t25-,31+/m1/s1. The molecule has 0 saturated heterocycles. The number of carbonyl (C=O) groups is 1. The average molecular weight is 657 g/mol. The van der Waals surface area contributed by atoms with Crippen LogP contribution in [-0.2, 0) is 27.9 Å². The molecule has 1 amide bonds. The quantitative estimate of drug-likeness (QED) is 0.260. The van der Waals surface area contributed by atoms with Crippen molar-refractivity contribution in [2.24, 2.45) is 15.4 Å². The van der Waals surface area contributed by atoms with Gasteiger partial charge in [-0.3, -0.25) is 4.79 Å². The maximum absolute atomic E-state index is 14.0. The first-order chi connectivity index (χ1) is 22.4. The second-order valence-corrected chi connectivity index (χ2v) is 14.6. The van der Waals surface area contributed by atoms with Crippen LogP contribution in [0.5, 0.6) is 5.75 Å². The molecule has 0 fully saturated rings. The van der Waals surface area contributed by atoms with Gasteiger partial charge in [0.2, 0.25) is 10.0 Å². The van der Waals surface area contributed by atoms with Gasteiger partial charge in [0, 0.05) is 24.5 Å². The minimum atomic E-state index is -3.84. The summed E-state index contributed by atoms with van der Waals surface area (Å²) in [5, 5.41) is 23.4. The summed E-state index contributed by atoms with van der Waals surface area (Å²) < 4.78 is 37.5. The van der Waals surface area contributed by atoms with Crippen LogP contribution < -0.4 is 10.1 Å². The van der Waals surface area contributed by atoms with Crippen molar-refractivity contribution in [2.75, 3.05) is 13.1 Å². The third-order valence-corrected chi connectivity index (χ3v) is 11.0. The summed E-state index contributed by atoms with van der Waals surface area (Å²) >= 11 is 0. The van der Waals surface area contributed by atoms with Crippen LogP contribution in [-0.4, -0.2) is 64.1 Å². The molecule has 2 aliphatic heterocycles. The lowest BCUT2D eigenvalue weighted by Gasteiger charge is -2.37. The number of aromatic nitrogens is 3. The number of hydrogen-bond donors (Lipinski definition) is 1. The van der Waals surface area contributed by atoms with E-state index in [0.717, 1.165) is 38.9 Å². The maximum atomic E-state index is 14.0. The predicted molar refractivity (Wildman–Crippen MR) is 179 cm³/mol. The van der Waals surface area contributed by atoms with Crippen molar-refractivity contribution in [3.63, 3.8) is 0 Å². The molecule has 0 saturated carbocycles. The van der Waals surface area contributed by atoms with E-state index in [0.29, 0.717) is 18.7 Å². The van der Waals surface area contributed by atoms with Crippen molar-refractivity contribution in [1.82, 2.24) is 24.6 Å². The summed E-state index contributed by atoms with van der Waals surface area (Å²) in [7, 11) is -3.84. The van der Waals surface area contributed by atoms with Crippen LogP contribution in [0.15, 0.2) is 74.9 Å². The number of ether oxygens (including phenoxy) is 1. The van der Waals surface area contributed by atoms with E-state index in [9.17, 15) is 13.2 Å². The Morgan fingerprint density at radius 1 is 1.11 bits per heavy atom. The summed E-state index contributed by atoms with van der Waals surface area (Å²) in [6.45, 7) is 13.2. The molecular formula is C34H40N8O4S. The van der Waals surface area contributed by atoms with Gasteiger partial charge in [-0.25, -0.2) is 13.1 Å². The number of sulfonamides is 1. The number of nitrogens with one attached hydrogen (secondary N) is 1. The fourth-order valence-electron chi connectivity index (χ4n) is 6.52. The molecule has 1 N–H and O–H groups in total. The molecule has 3 heterocycles. The minimum Gasteiger partial charge on any atom is -0.488 e. The van der Waals surface area contributed by atoms with E-state index >= 15 is 0 Å². The molecule has 13 heteroatoms. The van der Waals surface area contributed by atoms with Crippen LogP contribution in [0.4, 0.5) is 0 Å². The summed E-state index contributed by atoms with van der Waals surface area (Å²) in [6, 6.07) is 17.0. The van der Waals surface area contributed by atoms with Crippen LogP contribution in [0.25, 0.3) is 11.0 Å². The van der Waals surface area contributed by atoms with Crippen molar-refractivity contribution < 1.29 is 17.9 Å². The maximum Gasteiger partial charge on any atom is 0.270 e. The van der Waals surface area contributed by atoms with Gasteiger partial charge in [0.1, 0.15) is 28.8 Å². The van der Waals surface area contributed by atoms with Crippen LogP contribution in [0, 0.1) is 13.8 Å². The van der Waals surface area contributed by atoms with Gasteiger partial charge in [0.15, 0.2) is 5.71 Å². The lowest BCUT2D eigenvalue weighted by Crippen LogP contribution is -2.51. The van der Waals surface area contributed by atoms with E-state index in [2.05, 4.69) is 43.2 Å². The molecule has 4 aromatic rings. The van der Waals surface area contributed by atoms with E-state index in [1.807, 2.05) is 64.4 Å². The second kappa shape index (κ2) is 12.6. The predicted octanol–water partition coefficient (Wildman–Crippen LogP) is 5.28.